The molecule has 3 aromatic carbocycles. The predicted molar refractivity (Wildman–Crippen MR) is 121 cm³/mol. The molecule has 0 aromatic heterocycles. The van der Waals surface area contributed by atoms with Gasteiger partial charge in [0.2, 0.25) is 0 Å². The molecule has 0 bridgehead atoms. The number of nitrogens with one attached hydrogen (secondary N) is 2. The van der Waals surface area contributed by atoms with Gasteiger partial charge in [0.25, 0.3) is 11.8 Å². The van der Waals surface area contributed by atoms with Crippen LogP contribution in [-0.4, -0.2) is 32.6 Å². The Kier molecular flexibility index (Phi) is 7.70. The number of rotatable bonds is 9. The van der Waals surface area contributed by atoms with Crippen LogP contribution in [0.2, 0.25) is 0 Å². The number of ether oxygens (including phenoxy) is 3. The van der Waals surface area contributed by atoms with Crippen molar-refractivity contribution in [3.05, 3.63) is 89.5 Å². The fraction of sp³-hybridized carbons (Fsp3) is 0.200. The Balaban J connectivity index is 1.85. The van der Waals surface area contributed by atoms with Crippen molar-refractivity contribution in [2.45, 2.75) is 13.1 Å². The second-order valence-corrected chi connectivity index (χ2v) is 6.84. The predicted octanol–water partition coefficient (Wildman–Crippen LogP) is 3.96. The van der Waals surface area contributed by atoms with Crippen LogP contribution in [-0.2, 0) is 0 Å². The largest absolute Gasteiger partial charge is 0.497 e. The van der Waals surface area contributed by atoms with Crippen LogP contribution < -0.4 is 24.8 Å². The number of hydrogen-bond acceptors (Lipinski definition) is 5. The van der Waals surface area contributed by atoms with Crippen LogP contribution in [0, 0.1) is 0 Å². The lowest BCUT2D eigenvalue weighted by Crippen LogP contribution is -2.41. The standard InChI is InChI=1S/C25H26N2O5/c1-4-32-22-7-5-6-19(16-22)23(26-24(28)17-8-12-20(30-2)13-9-17)27-25(29)18-10-14-21(31-3)15-11-18/h5-16,23H,4H2,1-3H3,(H,26,28)(H,27,29). The van der Waals surface area contributed by atoms with E-state index in [9.17, 15) is 9.59 Å². The molecule has 0 unspecified atom stereocenters. The third kappa shape index (κ3) is 5.78. The maximum absolute atomic E-state index is 12.9. The van der Waals surface area contributed by atoms with Gasteiger partial charge in [-0.05, 0) is 73.2 Å². The van der Waals surface area contributed by atoms with Crippen molar-refractivity contribution in [2.24, 2.45) is 0 Å². The molecule has 0 aliphatic carbocycles. The summed E-state index contributed by atoms with van der Waals surface area (Å²) in [5.41, 5.74) is 1.56. The minimum Gasteiger partial charge on any atom is -0.497 e. The molecule has 0 atom stereocenters. The SMILES string of the molecule is CCOc1cccc(C(NC(=O)c2ccc(OC)cc2)NC(=O)c2ccc(OC)cc2)c1. The van der Waals surface area contributed by atoms with Gasteiger partial charge in [0.15, 0.2) is 0 Å². The number of carbonyl (C=O) groups is 2. The molecule has 0 heterocycles. The van der Waals surface area contributed by atoms with Crippen LogP contribution in [0.5, 0.6) is 17.2 Å². The zero-order chi connectivity index (χ0) is 22.9. The smallest absolute Gasteiger partial charge is 0.253 e. The molecule has 0 fully saturated rings. The fourth-order valence-electron chi connectivity index (χ4n) is 3.07. The molecule has 3 aromatic rings. The Labute approximate surface area is 187 Å². The van der Waals surface area contributed by atoms with Crippen LogP contribution in [0.1, 0.15) is 39.4 Å². The van der Waals surface area contributed by atoms with Gasteiger partial charge in [0, 0.05) is 11.1 Å². The number of amides is 2. The van der Waals surface area contributed by atoms with E-state index in [1.54, 1.807) is 68.8 Å². The van der Waals surface area contributed by atoms with Crippen molar-refractivity contribution in [3.8, 4) is 17.2 Å². The van der Waals surface area contributed by atoms with Crippen molar-refractivity contribution in [1.29, 1.82) is 0 Å². The average Bonchev–Trinajstić information content (AvgIpc) is 2.84. The van der Waals surface area contributed by atoms with E-state index in [-0.39, 0.29) is 11.8 Å². The highest BCUT2D eigenvalue weighted by Gasteiger charge is 2.20. The normalized spacial score (nSPS) is 10.4. The maximum atomic E-state index is 12.9. The van der Waals surface area contributed by atoms with Crippen LogP contribution in [0.25, 0.3) is 0 Å². The minimum absolute atomic E-state index is 0.338. The van der Waals surface area contributed by atoms with Crippen molar-refractivity contribution in [2.75, 3.05) is 20.8 Å². The van der Waals surface area contributed by atoms with Gasteiger partial charge in [0.1, 0.15) is 23.4 Å². The van der Waals surface area contributed by atoms with Crippen molar-refractivity contribution < 1.29 is 23.8 Å². The molecule has 0 aliphatic heterocycles. The second kappa shape index (κ2) is 10.9. The molecule has 0 aliphatic rings. The summed E-state index contributed by atoms with van der Waals surface area (Å²) in [5.74, 6) is 1.27. The Morgan fingerprint density at radius 3 is 1.69 bits per heavy atom. The molecule has 0 radical (unpaired) electrons. The summed E-state index contributed by atoms with van der Waals surface area (Å²) in [4.78, 5) is 25.8. The molecule has 166 valence electrons. The topological polar surface area (TPSA) is 85.9 Å². The Bertz CT molecular complexity index is 987. The Morgan fingerprint density at radius 1 is 0.750 bits per heavy atom. The van der Waals surface area contributed by atoms with Gasteiger partial charge in [0.05, 0.1) is 20.8 Å². The van der Waals surface area contributed by atoms with Gasteiger partial charge in [-0.1, -0.05) is 12.1 Å². The summed E-state index contributed by atoms with van der Waals surface area (Å²) < 4.78 is 15.9. The van der Waals surface area contributed by atoms with E-state index in [1.807, 2.05) is 25.1 Å². The summed E-state index contributed by atoms with van der Waals surface area (Å²) in [7, 11) is 3.12. The molecule has 7 heteroatoms. The number of hydrogen-bond donors (Lipinski definition) is 2. The summed E-state index contributed by atoms with van der Waals surface area (Å²) in [6, 6.07) is 20.7. The van der Waals surface area contributed by atoms with Crippen LogP contribution in [0.15, 0.2) is 72.8 Å². The van der Waals surface area contributed by atoms with E-state index in [4.69, 9.17) is 14.2 Å². The zero-order valence-electron chi connectivity index (χ0n) is 18.3. The number of benzene rings is 3. The molecule has 0 spiro atoms. The molecular formula is C25H26N2O5. The van der Waals surface area contributed by atoms with E-state index >= 15 is 0 Å². The molecule has 3 rings (SSSR count). The second-order valence-electron chi connectivity index (χ2n) is 6.84. The first-order valence-corrected chi connectivity index (χ1v) is 10.2. The van der Waals surface area contributed by atoms with Gasteiger partial charge >= 0.3 is 0 Å². The summed E-state index contributed by atoms with van der Waals surface area (Å²) >= 11 is 0. The van der Waals surface area contributed by atoms with E-state index in [1.165, 1.54) is 0 Å². The monoisotopic (exact) mass is 434 g/mol. The lowest BCUT2D eigenvalue weighted by Gasteiger charge is -2.22. The van der Waals surface area contributed by atoms with Crippen molar-refractivity contribution >= 4 is 11.8 Å². The van der Waals surface area contributed by atoms with Gasteiger partial charge < -0.3 is 24.8 Å². The van der Waals surface area contributed by atoms with Crippen molar-refractivity contribution in [1.82, 2.24) is 10.6 Å². The molecule has 7 nitrogen and oxygen atoms in total. The van der Waals surface area contributed by atoms with E-state index < -0.39 is 6.17 Å². The first-order chi connectivity index (χ1) is 15.5. The maximum Gasteiger partial charge on any atom is 0.253 e. The van der Waals surface area contributed by atoms with E-state index in [0.717, 1.165) is 0 Å². The quantitative estimate of drug-likeness (QED) is 0.498. The highest BCUT2D eigenvalue weighted by molar-refractivity contribution is 5.97. The molecule has 2 amide bonds. The molecular weight excluding hydrogens is 408 g/mol. The summed E-state index contributed by atoms with van der Waals surface area (Å²) in [6.45, 7) is 2.39. The van der Waals surface area contributed by atoms with Gasteiger partial charge in [-0.3, -0.25) is 9.59 Å². The Morgan fingerprint density at radius 2 is 1.25 bits per heavy atom. The van der Waals surface area contributed by atoms with Crippen LogP contribution >= 0.6 is 0 Å². The van der Waals surface area contributed by atoms with Gasteiger partial charge in [-0.2, -0.15) is 0 Å². The molecule has 2 N–H and O–H groups in total. The van der Waals surface area contributed by atoms with E-state index in [0.29, 0.717) is 40.5 Å². The Hall–Kier alpha value is -4.00. The lowest BCUT2D eigenvalue weighted by molar-refractivity contribution is 0.0883. The molecule has 0 saturated carbocycles. The van der Waals surface area contributed by atoms with Crippen LogP contribution in [0.3, 0.4) is 0 Å². The van der Waals surface area contributed by atoms with Crippen LogP contribution in [0.4, 0.5) is 0 Å². The minimum atomic E-state index is -0.778. The third-order valence-corrected chi connectivity index (χ3v) is 4.76. The van der Waals surface area contributed by atoms with Gasteiger partial charge in [-0.15, -0.1) is 0 Å². The highest BCUT2D eigenvalue weighted by Crippen LogP contribution is 2.20. The average molecular weight is 434 g/mol. The summed E-state index contributed by atoms with van der Waals surface area (Å²) in [6.07, 6.45) is -0.778. The fourth-order valence-corrected chi connectivity index (χ4v) is 3.07. The number of carbonyl (C=O) groups excluding carboxylic acids is 2. The first kappa shape index (κ1) is 22.7. The van der Waals surface area contributed by atoms with Gasteiger partial charge in [-0.25, -0.2) is 0 Å². The van der Waals surface area contributed by atoms with E-state index in [2.05, 4.69) is 10.6 Å². The summed E-state index contributed by atoms with van der Waals surface area (Å²) in [5, 5.41) is 5.78. The lowest BCUT2D eigenvalue weighted by atomic mass is 10.1. The zero-order valence-corrected chi connectivity index (χ0v) is 18.3. The molecule has 32 heavy (non-hydrogen) atoms. The molecule has 0 saturated heterocycles. The first-order valence-electron chi connectivity index (χ1n) is 10.2. The third-order valence-electron chi connectivity index (χ3n) is 4.76. The van der Waals surface area contributed by atoms with Crippen molar-refractivity contribution in [3.63, 3.8) is 0 Å². The number of methoxy groups -OCH3 is 2. The highest BCUT2D eigenvalue weighted by atomic mass is 16.5.